The minimum atomic E-state index is -0.879. The molecule has 1 aromatic heterocycles. The summed E-state index contributed by atoms with van der Waals surface area (Å²) in [6, 6.07) is 5.71. The second kappa shape index (κ2) is 10.4. The Hall–Kier alpha value is -2.87. The van der Waals surface area contributed by atoms with Gasteiger partial charge in [0.1, 0.15) is 11.6 Å². The van der Waals surface area contributed by atoms with Gasteiger partial charge in [-0.3, -0.25) is 19.5 Å². The number of nitrogens with zero attached hydrogens (tertiary/aromatic N) is 4. The summed E-state index contributed by atoms with van der Waals surface area (Å²) in [6.07, 6.45) is 4.18. The minimum Gasteiger partial charge on any atom is -0.339 e. The maximum Gasteiger partial charge on any atom is 0.257 e. The predicted octanol–water partition coefficient (Wildman–Crippen LogP) is 3.19. The Morgan fingerprint density at radius 1 is 0.935 bits per heavy atom. The van der Waals surface area contributed by atoms with Crippen molar-refractivity contribution < 1.29 is 18.4 Å². The molecule has 0 N–H and O–H groups in total. The first-order valence-corrected chi connectivity index (χ1v) is 10.6. The highest BCUT2D eigenvalue weighted by Crippen LogP contribution is 2.22. The van der Waals surface area contributed by atoms with E-state index in [-0.39, 0.29) is 0 Å². The van der Waals surface area contributed by atoms with Crippen LogP contribution in [0.15, 0.2) is 36.7 Å². The molecule has 2 amide bonds. The smallest absolute Gasteiger partial charge is 0.257 e. The second-order valence-electron chi connectivity index (χ2n) is 7.53. The number of aromatic nitrogens is 1. The Morgan fingerprint density at radius 3 is 2.23 bits per heavy atom. The van der Waals surface area contributed by atoms with Crippen molar-refractivity contribution in [1.29, 1.82) is 0 Å². The highest BCUT2D eigenvalue weighted by molar-refractivity contribution is 6.07. The van der Waals surface area contributed by atoms with Crippen molar-refractivity contribution in [1.82, 2.24) is 19.7 Å². The number of rotatable bonds is 6. The summed E-state index contributed by atoms with van der Waals surface area (Å²) in [5.41, 5.74) is 0.170. The third-order valence-electron chi connectivity index (χ3n) is 5.61. The van der Waals surface area contributed by atoms with Crippen LogP contribution in [0.3, 0.4) is 0 Å². The highest BCUT2D eigenvalue weighted by Gasteiger charge is 2.31. The number of pyridine rings is 1. The molecule has 3 rings (SSSR count). The first-order chi connectivity index (χ1) is 15.0. The van der Waals surface area contributed by atoms with Gasteiger partial charge < -0.3 is 9.80 Å². The highest BCUT2D eigenvalue weighted by atomic mass is 19.1. The Morgan fingerprint density at radius 2 is 1.58 bits per heavy atom. The van der Waals surface area contributed by atoms with Gasteiger partial charge in [0.2, 0.25) is 0 Å². The van der Waals surface area contributed by atoms with Crippen LogP contribution in [0.2, 0.25) is 0 Å². The Labute approximate surface area is 181 Å². The lowest BCUT2D eigenvalue weighted by molar-refractivity contribution is 0.0719. The molecular formula is C23H28F2N4O2. The maximum absolute atomic E-state index is 14.7. The Kier molecular flexibility index (Phi) is 7.68. The van der Waals surface area contributed by atoms with Gasteiger partial charge >= 0.3 is 0 Å². The molecule has 1 aliphatic heterocycles. The fourth-order valence-corrected chi connectivity index (χ4v) is 3.88. The first kappa shape index (κ1) is 22.8. The van der Waals surface area contributed by atoms with Gasteiger partial charge in [-0.25, -0.2) is 8.78 Å². The molecule has 0 aliphatic carbocycles. The number of hydrogen-bond donors (Lipinski definition) is 0. The molecular weight excluding hydrogens is 402 g/mol. The van der Waals surface area contributed by atoms with E-state index in [9.17, 15) is 18.4 Å². The molecule has 0 saturated carbocycles. The lowest BCUT2D eigenvalue weighted by Crippen LogP contribution is -2.38. The molecule has 1 aromatic carbocycles. The zero-order valence-corrected chi connectivity index (χ0v) is 18.0. The molecule has 6 nitrogen and oxygen atoms in total. The average molecular weight is 430 g/mol. The van der Waals surface area contributed by atoms with Crippen molar-refractivity contribution in [2.24, 2.45) is 0 Å². The summed E-state index contributed by atoms with van der Waals surface area (Å²) in [4.78, 5) is 35.2. The van der Waals surface area contributed by atoms with E-state index in [1.54, 1.807) is 26.2 Å². The first-order valence-electron chi connectivity index (χ1n) is 10.6. The molecule has 8 heteroatoms. The lowest BCUT2D eigenvalue weighted by Gasteiger charge is -2.25. The molecule has 0 radical (unpaired) electrons. The van der Waals surface area contributed by atoms with Crippen molar-refractivity contribution in [3.63, 3.8) is 0 Å². The molecule has 2 aromatic rings. The summed E-state index contributed by atoms with van der Waals surface area (Å²) in [5, 5.41) is 0. The Bertz CT molecular complexity index is 919. The fourth-order valence-electron chi connectivity index (χ4n) is 3.88. The van der Waals surface area contributed by atoms with E-state index in [1.165, 1.54) is 9.80 Å². The molecule has 2 heterocycles. The third-order valence-corrected chi connectivity index (χ3v) is 5.61. The number of benzene rings is 1. The van der Waals surface area contributed by atoms with Gasteiger partial charge in [0, 0.05) is 58.2 Å². The van der Waals surface area contributed by atoms with Gasteiger partial charge in [-0.05, 0) is 50.1 Å². The zero-order valence-electron chi connectivity index (χ0n) is 18.0. The monoisotopic (exact) mass is 430 g/mol. The number of hydrogen-bond acceptors (Lipinski definition) is 4. The van der Waals surface area contributed by atoms with Crippen LogP contribution < -0.4 is 0 Å². The molecule has 0 spiro atoms. The molecule has 31 heavy (non-hydrogen) atoms. The molecule has 1 saturated heterocycles. The van der Waals surface area contributed by atoms with Crippen LogP contribution in [0.25, 0.3) is 0 Å². The molecule has 0 unspecified atom stereocenters. The van der Waals surface area contributed by atoms with Gasteiger partial charge in [-0.15, -0.1) is 0 Å². The quantitative estimate of drug-likeness (QED) is 0.706. The summed E-state index contributed by atoms with van der Waals surface area (Å²) in [6.45, 7) is 7.09. The lowest BCUT2D eigenvalue weighted by atomic mass is 10.0. The standard InChI is InChI=1S/C23H28F2N4O2/c1-3-28(4-2)22(30)20-18(24)6-7-19(25)21(20)23(31)29-13-5-12-27(14-15-29)16-17-8-10-26-11-9-17/h6-11H,3-5,12-16H2,1-2H3. The summed E-state index contributed by atoms with van der Waals surface area (Å²) < 4.78 is 29.4. The van der Waals surface area contributed by atoms with Gasteiger partial charge in [0.05, 0.1) is 11.1 Å². The maximum atomic E-state index is 14.7. The van der Waals surface area contributed by atoms with E-state index in [0.29, 0.717) is 39.1 Å². The predicted molar refractivity (Wildman–Crippen MR) is 114 cm³/mol. The van der Waals surface area contributed by atoms with Gasteiger partial charge in [-0.1, -0.05) is 0 Å². The van der Waals surface area contributed by atoms with Crippen LogP contribution in [0, 0.1) is 11.6 Å². The SMILES string of the molecule is CCN(CC)C(=O)c1c(F)ccc(F)c1C(=O)N1CCCN(Cc2ccncc2)CC1. The van der Waals surface area contributed by atoms with E-state index in [0.717, 1.165) is 30.8 Å². The largest absolute Gasteiger partial charge is 0.339 e. The minimum absolute atomic E-state index is 0.340. The topological polar surface area (TPSA) is 56.8 Å². The van der Waals surface area contributed by atoms with E-state index >= 15 is 0 Å². The van der Waals surface area contributed by atoms with Crippen LogP contribution in [0.4, 0.5) is 8.78 Å². The molecule has 1 aliphatic rings. The van der Waals surface area contributed by atoms with Crippen molar-refractivity contribution in [2.45, 2.75) is 26.8 Å². The molecule has 1 fully saturated rings. The number of carbonyl (C=O) groups excluding carboxylic acids is 2. The Balaban J connectivity index is 1.81. The van der Waals surface area contributed by atoms with Crippen LogP contribution >= 0.6 is 0 Å². The van der Waals surface area contributed by atoms with Crippen molar-refractivity contribution in [3.05, 3.63) is 65.0 Å². The van der Waals surface area contributed by atoms with Crippen LogP contribution in [-0.2, 0) is 6.54 Å². The number of amides is 2. The van der Waals surface area contributed by atoms with Gasteiger partial charge in [-0.2, -0.15) is 0 Å². The molecule has 0 bridgehead atoms. The van der Waals surface area contributed by atoms with E-state index in [2.05, 4.69) is 9.88 Å². The zero-order chi connectivity index (χ0) is 22.4. The van der Waals surface area contributed by atoms with Crippen molar-refractivity contribution >= 4 is 11.8 Å². The van der Waals surface area contributed by atoms with Gasteiger partial charge in [0.25, 0.3) is 11.8 Å². The molecule has 0 atom stereocenters. The molecule has 166 valence electrons. The van der Waals surface area contributed by atoms with Crippen LogP contribution in [-0.4, -0.2) is 70.8 Å². The number of carbonyl (C=O) groups is 2. The van der Waals surface area contributed by atoms with Crippen LogP contribution in [0.1, 0.15) is 46.5 Å². The third kappa shape index (κ3) is 5.25. The fraction of sp³-hybridized carbons (Fsp3) is 0.435. The average Bonchev–Trinajstić information content (AvgIpc) is 3.01. The summed E-state index contributed by atoms with van der Waals surface area (Å²) in [7, 11) is 0. The normalized spacial score (nSPS) is 14.9. The summed E-state index contributed by atoms with van der Waals surface area (Å²) in [5.74, 6) is -3.06. The van der Waals surface area contributed by atoms with Crippen molar-refractivity contribution in [2.75, 3.05) is 39.3 Å². The number of halogens is 2. The van der Waals surface area contributed by atoms with Gasteiger partial charge in [0.15, 0.2) is 0 Å². The van der Waals surface area contributed by atoms with E-state index < -0.39 is 34.6 Å². The van der Waals surface area contributed by atoms with Crippen LogP contribution in [0.5, 0.6) is 0 Å². The summed E-state index contributed by atoms with van der Waals surface area (Å²) >= 11 is 0. The van der Waals surface area contributed by atoms with E-state index in [4.69, 9.17) is 0 Å². The second-order valence-corrected chi connectivity index (χ2v) is 7.53. The van der Waals surface area contributed by atoms with E-state index in [1.807, 2.05) is 12.1 Å². The van der Waals surface area contributed by atoms with Crippen molar-refractivity contribution in [3.8, 4) is 0 Å².